The van der Waals surface area contributed by atoms with Gasteiger partial charge in [0.05, 0.1) is 11.9 Å². The van der Waals surface area contributed by atoms with E-state index in [1.165, 1.54) is 0 Å². The van der Waals surface area contributed by atoms with E-state index in [1.807, 2.05) is 25.3 Å². The van der Waals surface area contributed by atoms with E-state index in [2.05, 4.69) is 47.4 Å². The minimum absolute atomic E-state index is 0.689. The molecule has 6 heteroatoms. The molecule has 2 aromatic rings. The second-order valence-corrected chi connectivity index (χ2v) is 5.76. The summed E-state index contributed by atoms with van der Waals surface area (Å²) in [6.07, 6.45) is 1.82. The molecule has 0 bridgehead atoms. The summed E-state index contributed by atoms with van der Waals surface area (Å²) in [5.41, 5.74) is 3.19. The average molecular weight is 379 g/mol. The molecule has 0 aliphatic carbocycles. The molecule has 0 aliphatic rings. The van der Waals surface area contributed by atoms with Crippen molar-refractivity contribution in [2.45, 2.75) is 13.5 Å². The van der Waals surface area contributed by atoms with Gasteiger partial charge in [-0.25, -0.2) is 0 Å². The van der Waals surface area contributed by atoms with Gasteiger partial charge in [0.25, 0.3) is 0 Å². The molecule has 0 unspecified atom stereocenters. The van der Waals surface area contributed by atoms with E-state index in [9.17, 15) is 0 Å². The molecule has 1 aromatic heterocycles. The molecule has 90 valence electrons. The molecule has 0 spiro atoms. The number of nitrogens with zero attached hydrogens (tertiary/aromatic N) is 1. The van der Waals surface area contributed by atoms with Crippen molar-refractivity contribution in [3.05, 3.63) is 43.6 Å². The van der Waals surface area contributed by atoms with E-state index in [-0.39, 0.29) is 0 Å². The Bertz CT molecular complexity index is 516. The Morgan fingerprint density at radius 3 is 2.53 bits per heavy atom. The van der Waals surface area contributed by atoms with Crippen LogP contribution in [0.4, 0.5) is 5.69 Å². The lowest BCUT2D eigenvalue weighted by Crippen LogP contribution is -2.01. The van der Waals surface area contributed by atoms with E-state index >= 15 is 0 Å². The lowest BCUT2D eigenvalue weighted by atomic mass is 10.2. The normalized spacial score (nSPS) is 10.6. The van der Waals surface area contributed by atoms with Crippen molar-refractivity contribution in [2.75, 3.05) is 5.32 Å². The largest absolute Gasteiger partial charge is 0.379 e. The Kier molecular flexibility index (Phi) is 4.12. The molecule has 2 rings (SSSR count). The van der Waals surface area contributed by atoms with Crippen LogP contribution in [0.25, 0.3) is 0 Å². The number of aromatic amines is 1. The Morgan fingerprint density at radius 1 is 1.35 bits per heavy atom. The van der Waals surface area contributed by atoms with Crippen LogP contribution in [0.1, 0.15) is 11.3 Å². The maximum Gasteiger partial charge on any atom is 0.0632 e. The van der Waals surface area contributed by atoms with E-state index in [0.29, 0.717) is 11.6 Å². The molecule has 0 amide bonds. The molecule has 2 N–H and O–H groups in total. The maximum atomic E-state index is 5.94. The topological polar surface area (TPSA) is 40.7 Å². The SMILES string of the molecule is Cc1[nH]ncc1CNc1c(Br)cc(Cl)cc1Br. The zero-order valence-electron chi connectivity index (χ0n) is 9.02. The molecule has 1 heterocycles. The lowest BCUT2D eigenvalue weighted by Gasteiger charge is -2.11. The molecule has 3 nitrogen and oxygen atoms in total. The average Bonchev–Trinajstić information content (AvgIpc) is 2.62. The number of aryl methyl sites for hydroxylation is 1. The molecule has 0 fully saturated rings. The van der Waals surface area contributed by atoms with Gasteiger partial charge < -0.3 is 5.32 Å². The Labute approximate surface area is 121 Å². The summed E-state index contributed by atoms with van der Waals surface area (Å²) >= 11 is 12.9. The Morgan fingerprint density at radius 2 is 2.00 bits per heavy atom. The van der Waals surface area contributed by atoms with Crippen LogP contribution in [0.5, 0.6) is 0 Å². The van der Waals surface area contributed by atoms with Crippen molar-refractivity contribution in [1.29, 1.82) is 0 Å². The number of halogens is 3. The summed E-state index contributed by atoms with van der Waals surface area (Å²) in [4.78, 5) is 0. The van der Waals surface area contributed by atoms with E-state index < -0.39 is 0 Å². The smallest absolute Gasteiger partial charge is 0.0632 e. The number of nitrogens with one attached hydrogen (secondary N) is 2. The minimum atomic E-state index is 0.689. The van der Waals surface area contributed by atoms with Gasteiger partial charge in [0.15, 0.2) is 0 Å². The van der Waals surface area contributed by atoms with Gasteiger partial charge in [0.1, 0.15) is 0 Å². The van der Waals surface area contributed by atoms with Crippen molar-refractivity contribution in [2.24, 2.45) is 0 Å². The second-order valence-electron chi connectivity index (χ2n) is 3.62. The molecule has 0 aliphatic heterocycles. The van der Waals surface area contributed by atoms with Crippen molar-refractivity contribution >= 4 is 49.1 Å². The third-order valence-electron chi connectivity index (χ3n) is 2.40. The summed E-state index contributed by atoms with van der Waals surface area (Å²) < 4.78 is 1.86. The molecule has 1 aromatic carbocycles. The fourth-order valence-electron chi connectivity index (χ4n) is 1.45. The van der Waals surface area contributed by atoms with Crippen molar-refractivity contribution < 1.29 is 0 Å². The predicted molar refractivity (Wildman–Crippen MR) is 77.5 cm³/mol. The summed E-state index contributed by atoms with van der Waals surface area (Å²) in [5.74, 6) is 0. The van der Waals surface area contributed by atoms with Gasteiger partial charge in [-0.15, -0.1) is 0 Å². The summed E-state index contributed by atoms with van der Waals surface area (Å²) in [6.45, 7) is 2.71. The van der Waals surface area contributed by atoms with Crippen LogP contribution in [-0.4, -0.2) is 10.2 Å². The van der Waals surface area contributed by atoms with Gasteiger partial charge in [-0.2, -0.15) is 5.10 Å². The van der Waals surface area contributed by atoms with Crippen LogP contribution in [-0.2, 0) is 6.54 Å². The molecule has 17 heavy (non-hydrogen) atoms. The number of benzene rings is 1. The highest BCUT2D eigenvalue weighted by Gasteiger charge is 2.07. The first-order valence-corrected chi connectivity index (χ1v) is 6.91. The third kappa shape index (κ3) is 3.03. The van der Waals surface area contributed by atoms with E-state index in [0.717, 1.165) is 25.9 Å². The summed E-state index contributed by atoms with van der Waals surface area (Å²) in [7, 11) is 0. The highest BCUT2D eigenvalue weighted by molar-refractivity contribution is 9.11. The van der Waals surface area contributed by atoms with Gasteiger partial charge in [0.2, 0.25) is 0 Å². The second kappa shape index (κ2) is 5.42. The van der Waals surface area contributed by atoms with Crippen LogP contribution < -0.4 is 5.32 Å². The van der Waals surface area contributed by atoms with Crippen LogP contribution in [0.15, 0.2) is 27.3 Å². The number of rotatable bonds is 3. The number of hydrogen-bond donors (Lipinski definition) is 2. The highest BCUT2D eigenvalue weighted by Crippen LogP contribution is 2.34. The summed E-state index contributed by atoms with van der Waals surface area (Å²) in [5, 5.41) is 10.9. The number of anilines is 1. The van der Waals surface area contributed by atoms with Gasteiger partial charge in [0, 0.05) is 31.8 Å². The van der Waals surface area contributed by atoms with Crippen LogP contribution in [0, 0.1) is 6.92 Å². The molecule has 0 saturated heterocycles. The number of aromatic nitrogens is 2. The zero-order chi connectivity index (χ0) is 12.4. The Hall–Kier alpha value is -0.520. The van der Waals surface area contributed by atoms with Crippen LogP contribution in [0.3, 0.4) is 0 Å². The predicted octanol–water partition coefficient (Wildman–Crippen LogP) is 4.51. The monoisotopic (exact) mass is 377 g/mol. The van der Waals surface area contributed by atoms with E-state index in [4.69, 9.17) is 11.6 Å². The first-order chi connectivity index (χ1) is 8.08. The highest BCUT2D eigenvalue weighted by atomic mass is 79.9. The number of hydrogen-bond acceptors (Lipinski definition) is 2. The summed E-state index contributed by atoms with van der Waals surface area (Å²) in [6, 6.07) is 3.72. The molecular weight excluding hydrogens is 369 g/mol. The van der Waals surface area contributed by atoms with Gasteiger partial charge in [-0.3, -0.25) is 5.10 Å². The molecule has 0 radical (unpaired) electrons. The quantitative estimate of drug-likeness (QED) is 0.824. The van der Waals surface area contributed by atoms with Crippen molar-refractivity contribution in [3.8, 4) is 0 Å². The minimum Gasteiger partial charge on any atom is -0.379 e. The van der Waals surface area contributed by atoms with Gasteiger partial charge >= 0.3 is 0 Å². The molecule has 0 saturated carbocycles. The molecular formula is C11H10Br2ClN3. The van der Waals surface area contributed by atoms with E-state index in [1.54, 1.807) is 0 Å². The van der Waals surface area contributed by atoms with Crippen molar-refractivity contribution in [3.63, 3.8) is 0 Å². The Balaban J connectivity index is 2.17. The number of H-pyrrole nitrogens is 1. The maximum absolute atomic E-state index is 5.94. The standard InChI is InChI=1S/C11H10Br2ClN3/c1-6-7(5-16-17-6)4-15-11-9(12)2-8(14)3-10(11)13/h2-3,5,15H,4H2,1H3,(H,16,17). The lowest BCUT2D eigenvalue weighted by molar-refractivity contribution is 1.04. The first-order valence-electron chi connectivity index (χ1n) is 4.95. The zero-order valence-corrected chi connectivity index (χ0v) is 12.9. The van der Waals surface area contributed by atoms with Gasteiger partial charge in [-0.1, -0.05) is 11.6 Å². The fraction of sp³-hybridized carbons (Fsp3) is 0.182. The fourth-order valence-corrected chi connectivity index (χ4v) is 3.40. The first kappa shape index (κ1) is 12.9. The van der Waals surface area contributed by atoms with Gasteiger partial charge in [-0.05, 0) is 50.9 Å². The third-order valence-corrected chi connectivity index (χ3v) is 3.87. The van der Waals surface area contributed by atoms with Crippen LogP contribution >= 0.6 is 43.5 Å². The van der Waals surface area contributed by atoms with Crippen molar-refractivity contribution in [1.82, 2.24) is 10.2 Å². The van der Waals surface area contributed by atoms with Crippen LogP contribution in [0.2, 0.25) is 5.02 Å². The molecule has 0 atom stereocenters.